The normalized spacial score (nSPS) is 11.1. The molecule has 0 fully saturated rings. The van der Waals surface area contributed by atoms with E-state index in [0.29, 0.717) is 17.3 Å². The van der Waals surface area contributed by atoms with Crippen molar-refractivity contribution in [2.75, 3.05) is 5.73 Å². The van der Waals surface area contributed by atoms with E-state index in [9.17, 15) is 0 Å². The summed E-state index contributed by atoms with van der Waals surface area (Å²) in [5.74, 6) is 1.27. The van der Waals surface area contributed by atoms with Crippen LogP contribution in [0.2, 0.25) is 0 Å². The standard InChI is InChI=1S/C11H10N4O/c1-6-5-9(16-15-6)11-13-8-4-2-3-7(12)10(8)14-11/h2-5H,12H2,1H3,(H,13,14). The Hall–Kier alpha value is -2.30. The van der Waals surface area contributed by atoms with Gasteiger partial charge in [0.05, 0.1) is 16.9 Å². The third-order valence-corrected chi connectivity index (χ3v) is 2.41. The number of aryl methyl sites for hydroxylation is 1. The molecule has 0 unspecified atom stereocenters. The fourth-order valence-electron chi connectivity index (χ4n) is 1.65. The zero-order valence-electron chi connectivity index (χ0n) is 8.69. The molecule has 5 heteroatoms. The molecule has 0 aliphatic rings. The number of H-pyrrole nitrogens is 1. The third-order valence-electron chi connectivity index (χ3n) is 2.41. The first-order valence-electron chi connectivity index (χ1n) is 4.92. The Balaban J connectivity index is 2.22. The number of imidazole rings is 1. The number of nitrogen functional groups attached to an aromatic ring is 1. The van der Waals surface area contributed by atoms with Crippen LogP contribution in [0.4, 0.5) is 5.69 Å². The number of nitrogens with one attached hydrogen (secondary N) is 1. The molecule has 0 aliphatic carbocycles. The molecule has 0 atom stereocenters. The predicted octanol–water partition coefficient (Wildman–Crippen LogP) is 2.11. The number of aromatic amines is 1. The number of para-hydroxylation sites is 1. The Bertz CT molecular complexity index is 653. The van der Waals surface area contributed by atoms with E-state index < -0.39 is 0 Å². The molecule has 0 saturated heterocycles. The predicted molar refractivity (Wildman–Crippen MR) is 60.7 cm³/mol. The third kappa shape index (κ3) is 1.25. The molecule has 80 valence electrons. The van der Waals surface area contributed by atoms with Crippen LogP contribution < -0.4 is 5.73 Å². The van der Waals surface area contributed by atoms with E-state index in [1.807, 2.05) is 31.2 Å². The fraction of sp³-hybridized carbons (Fsp3) is 0.0909. The second-order valence-corrected chi connectivity index (χ2v) is 3.66. The zero-order valence-corrected chi connectivity index (χ0v) is 8.69. The Morgan fingerprint density at radius 3 is 2.94 bits per heavy atom. The lowest BCUT2D eigenvalue weighted by molar-refractivity contribution is 0.425. The minimum Gasteiger partial charge on any atom is -0.397 e. The highest BCUT2D eigenvalue weighted by atomic mass is 16.5. The molecular weight excluding hydrogens is 204 g/mol. The first-order valence-corrected chi connectivity index (χ1v) is 4.92. The van der Waals surface area contributed by atoms with Gasteiger partial charge in [-0.3, -0.25) is 0 Å². The molecule has 2 heterocycles. The van der Waals surface area contributed by atoms with Crippen molar-refractivity contribution in [2.24, 2.45) is 0 Å². The second-order valence-electron chi connectivity index (χ2n) is 3.66. The van der Waals surface area contributed by atoms with Crippen LogP contribution in [0.25, 0.3) is 22.6 Å². The lowest BCUT2D eigenvalue weighted by atomic mass is 10.3. The van der Waals surface area contributed by atoms with Crippen LogP contribution >= 0.6 is 0 Å². The first-order chi connectivity index (χ1) is 7.74. The van der Waals surface area contributed by atoms with E-state index in [4.69, 9.17) is 10.3 Å². The number of nitrogens with zero attached hydrogens (tertiary/aromatic N) is 2. The quantitative estimate of drug-likeness (QED) is 0.608. The van der Waals surface area contributed by atoms with Crippen LogP contribution in [0.1, 0.15) is 5.69 Å². The topological polar surface area (TPSA) is 80.7 Å². The maximum Gasteiger partial charge on any atom is 0.202 e. The number of benzene rings is 1. The van der Waals surface area contributed by atoms with Gasteiger partial charge in [0.1, 0.15) is 5.52 Å². The van der Waals surface area contributed by atoms with Gasteiger partial charge in [-0.05, 0) is 19.1 Å². The molecule has 1 aromatic carbocycles. The van der Waals surface area contributed by atoms with Crippen molar-refractivity contribution in [2.45, 2.75) is 6.92 Å². The molecule has 3 N–H and O–H groups in total. The van der Waals surface area contributed by atoms with Crippen LogP contribution in [0.15, 0.2) is 28.8 Å². The van der Waals surface area contributed by atoms with Crippen molar-refractivity contribution in [1.29, 1.82) is 0 Å². The number of rotatable bonds is 1. The summed E-state index contributed by atoms with van der Waals surface area (Å²) < 4.78 is 5.14. The van der Waals surface area contributed by atoms with Gasteiger partial charge in [0.15, 0.2) is 5.82 Å². The fourth-order valence-corrected chi connectivity index (χ4v) is 1.65. The van der Waals surface area contributed by atoms with Crippen LogP contribution in [0.5, 0.6) is 0 Å². The molecule has 16 heavy (non-hydrogen) atoms. The zero-order chi connectivity index (χ0) is 11.1. The number of hydrogen-bond donors (Lipinski definition) is 2. The Morgan fingerprint density at radius 1 is 1.38 bits per heavy atom. The Labute approximate surface area is 91.3 Å². The maximum atomic E-state index is 5.82. The minimum atomic E-state index is 0.619. The van der Waals surface area contributed by atoms with Gasteiger partial charge >= 0.3 is 0 Å². The molecule has 0 spiro atoms. The van der Waals surface area contributed by atoms with Crippen molar-refractivity contribution in [1.82, 2.24) is 15.1 Å². The summed E-state index contributed by atoms with van der Waals surface area (Å²) in [7, 11) is 0. The summed E-state index contributed by atoms with van der Waals surface area (Å²) in [6.07, 6.45) is 0. The van der Waals surface area contributed by atoms with Gasteiger partial charge in [-0.15, -0.1) is 0 Å². The molecule has 3 aromatic rings. The molecule has 0 bridgehead atoms. The summed E-state index contributed by atoms with van der Waals surface area (Å²) in [5.41, 5.74) is 8.94. The summed E-state index contributed by atoms with van der Waals surface area (Å²) in [5, 5.41) is 3.82. The van der Waals surface area contributed by atoms with Gasteiger partial charge in [-0.1, -0.05) is 11.2 Å². The van der Waals surface area contributed by atoms with Gasteiger partial charge in [-0.25, -0.2) is 4.98 Å². The molecule has 0 aliphatic heterocycles. The van der Waals surface area contributed by atoms with Gasteiger partial charge in [-0.2, -0.15) is 0 Å². The molecule has 0 radical (unpaired) electrons. The highest BCUT2D eigenvalue weighted by Crippen LogP contribution is 2.24. The SMILES string of the molecule is Cc1cc(-c2nc3c(N)cccc3[nH]2)on1. The summed E-state index contributed by atoms with van der Waals surface area (Å²) in [4.78, 5) is 7.52. The summed E-state index contributed by atoms with van der Waals surface area (Å²) >= 11 is 0. The molecule has 3 rings (SSSR count). The summed E-state index contributed by atoms with van der Waals surface area (Å²) in [6.45, 7) is 1.87. The Morgan fingerprint density at radius 2 is 2.25 bits per heavy atom. The van der Waals surface area contributed by atoms with Crippen molar-refractivity contribution in [3.63, 3.8) is 0 Å². The maximum absolute atomic E-state index is 5.82. The van der Waals surface area contributed by atoms with E-state index in [0.717, 1.165) is 16.7 Å². The monoisotopic (exact) mass is 214 g/mol. The van der Waals surface area contributed by atoms with Gasteiger partial charge in [0.25, 0.3) is 0 Å². The van der Waals surface area contributed by atoms with E-state index >= 15 is 0 Å². The number of nitrogens with two attached hydrogens (primary N) is 1. The van der Waals surface area contributed by atoms with Gasteiger partial charge in [0, 0.05) is 6.07 Å². The van der Waals surface area contributed by atoms with Gasteiger partial charge < -0.3 is 15.2 Å². The van der Waals surface area contributed by atoms with Gasteiger partial charge in [0.2, 0.25) is 5.76 Å². The van der Waals surface area contributed by atoms with E-state index in [2.05, 4.69) is 15.1 Å². The van der Waals surface area contributed by atoms with Crippen LogP contribution in [0, 0.1) is 6.92 Å². The number of anilines is 1. The number of fused-ring (bicyclic) bond motifs is 1. The van der Waals surface area contributed by atoms with E-state index in [-0.39, 0.29) is 0 Å². The van der Waals surface area contributed by atoms with E-state index in [1.165, 1.54) is 0 Å². The molecule has 5 nitrogen and oxygen atoms in total. The average Bonchev–Trinajstić information content (AvgIpc) is 2.84. The lowest BCUT2D eigenvalue weighted by Crippen LogP contribution is -1.84. The molecule has 0 amide bonds. The second kappa shape index (κ2) is 3.10. The molecule has 0 saturated carbocycles. The number of aromatic nitrogens is 3. The minimum absolute atomic E-state index is 0.619. The van der Waals surface area contributed by atoms with Crippen molar-refractivity contribution >= 4 is 16.7 Å². The largest absolute Gasteiger partial charge is 0.397 e. The molecule has 2 aromatic heterocycles. The van der Waals surface area contributed by atoms with Crippen molar-refractivity contribution < 1.29 is 4.52 Å². The average molecular weight is 214 g/mol. The van der Waals surface area contributed by atoms with Crippen LogP contribution in [0.3, 0.4) is 0 Å². The highest BCUT2D eigenvalue weighted by Gasteiger charge is 2.10. The van der Waals surface area contributed by atoms with Crippen molar-refractivity contribution in [3.05, 3.63) is 30.0 Å². The first kappa shape index (κ1) is 8.96. The summed E-state index contributed by atoms with van der Waals surface area (Å²) in [6, 6.07) is 7.45. The van der Waals surface area contributed by atoms with E-state index in [1.54, 1.807) is 0 Å². The smallest absolute Gasteiger partial charge is 0.202 e. The van der Waals surface area contributed by atoms with Crippen LogP contribution in [-0.4, -0.2) is 15.1 Å². The van der Waals surface area contributed by atoms with Crippen molar-refractivity contribution in [3.8, 4) is 11.6 Å². The highest BCUT2D eigenvalue weighted by molar-refractivity contribution is 5.88. The van der Waals surface area contributed by atoms with Crippen LogP contribution in [-0.2, 0) is 0 Å². The lowest BCUT2D eigenvalue weighted by Gasteiger charge is -1.90. The number of hydrogen-bond acceptors (Lipinski definition) is 4. The Kier molecular flexibility index (Phi) is 1.73. The molecular formula is C11H10N4O.